The van der Waals surface area contributed by atoms with Crippen molar-refractivity contribution in [1.82, 2.24) is 0 Å². The molecule has 1 atom stereocenters. The maximum absolute atomic E-state index is 12.2. The van der Waals surface area contributed by atoms with Crippen LogP contribution in [0.15, 0.2) is 30.3 Å². The molecule has 0 amide bonds. The van der Waals surface area contributed by atoms with Gasteiger partial charge < -0.3 is 5.11 Å². The van der Waals surface area contributed by atoms with Crippen molar-refractivity contribution in [3.05, 3.63) is 35.9 Å². The lowest BCUT2D eigenvalue weighted by molar-refractivity contribution is 0.241. The summed E-state index contributed by atoms with van der Waals surface area (Å²) < 4.78 is 12.2. The summed E-state index contributed by atoms with van der Waals surface area (Å²) in [5, 5.41) is 8.74. The van der Waals surface area contributed by atoms with E-state index < -0.39 is 6.67 Å². The Hall–Kier alpha value is -0.890. The van der Waals surface area contributed by atoms with Crippen molar-refractivity contribution in [2.75, 3.05) is 13.3 Å². The topological polar surface area (TPSA) is 20.2 Å². The van der Waals surface area contributed by atoms with Crippen LogP contribution in [0.3, 0.4) is 0 Å². The molecule has 1 unspecified atom stereocenters. The number of aliphatic hydroxyl groups is 1. The lowest BCUT2D eigenvalue weighted by atomic mass is 10.0. The van der Waals surface area contributed by atoms with Crippen molar-refractivity contribution in [2.45, 2.75) is 5.92 Å². The van der Waals surface area contributed by atoms with Crippen LogP contribution in [0.4, 0.5) is 4.39 Å². The first kappa shape index (κ1) is 8.21. The highest BCUT2D eigenvalue weighted by molar-refractivity contribution is 5.19. The highest BCUT2D eigenvalue weighted by atomic mass is 19.1. The molecule has 60 valence electrons. The smallest absolute Gasteiger partial charge is 0.0984 e. The van der Waals surface area contributed by atoms with E-state index in [4.69, 9.17) is 5.11 Å². The molecule has 1 N–H and O–H groups in total. The Labute approximate surface area is 65.5 Å². The van der Waals surface area contributed by atoms with Crippen molar-refractivity contribution in [2.24, 2.45) is 0 Å². The number of alkyl halides is 1. The first-order chi connectivity index (χ1) is 5.38. The molecule has 1 rings (SSSR count). The quantitative estimate of drug-likeness (QED) is 0.703. The summed E-state index contributed by atoms with van der Waals surface area (Å²) in [4.78, 5) is 0. The zero-order chi connectivity index (χ0) is 8.10. The fourth-order valence-corrected chi connectivity index (χ4v) is 0.968. The third-order valence-corrected chi connectivity index (χ3v) is 1.68. The normalized spacial score (nSPS) is 12.9. The second-order valence-electron chi connectivity index (χ2n) is 2.44. The molecule has 1 nitrogen and oxygen atoms in total. The molecule has 0 aliphatic heterocycles. The Morgan fingerprint density at radius 2 is 1.91 bits per heavy atom. The van der Waals surface area contributed by atoms with Gasteiger partial charge in [-0.25, -0.2) is 0 Å². The molecule has 0 aliphatic rings. The summed E-state index contributed by atoms with van der Waals surface area (Å²) in [6.45, 7) is -0.624. The number of rotatable bonds is 3. The molecule has 0 spiro atoms. The third-order valence-electron chi connectivity index (χ3n) is 1.68. The molecule has 2 heteroatoms. The monoisotopic (exact) mass is 154 g/mol. The van der Waals surface area contributed by atoms with E-state index in [0.29, 0.717) is 0 Å². The van der Waals surface area contributed by atoms with E-state index in [0.717, 1.165) is 5.56 Å². The van der Waals surface area contributed by atoms with Crippen LogP contribution in [-0.4, -0.2) is 18.4 Å². The van der Waals surface area contributed by atoms with Gasteiger partial charge in [0, 0.05) is 5.92 Å². The zero-order valence-electron chi connectivity index (χ0n) is 6.20. The van der Waals surface area contributed by atoms with Gasteiger partial charge in [-0.1, -0.05) is 30.3 Å². The number of hydrogen-bond acceptors (Lipinski definition) is 1. The summed E-state index contributed by atoms with van der Waals surface area (Å²) >= 11 is 0. The van der Waals surface area contributed by atoms with Gasteiger partial charge in [-0.3, -0.25) is 4.39 Å². The van der Waals surface area contributed by atoms with Gasteiger partial charge >= 0.3 is 0 Å². The largest absolute Gasteiger partial charge is 0.396 e. The van der Waals surface area contributed by atoms with Gasteiger partial charge in [0.05, 0.1) is 13.3 Å². The molecule has 0 aliphatic carbocycles. The minimum atomic E-state index is -0.499. The van der Waals surface area contributed by atoms with Gasteiger partial charge in [0.15, 0.2) is 0 Å². The SMILES string of the molecule is OCC(CF)c1ccccc1. The fourth-order valence-electron chi connectivity index (χ4n) is 0.968. The van der Waals surface area contributed by atoms with Crippen molar-refractivity contribution < 1.29 is 9.50 Å². The maximum Gasteiger partial charge on any atom is 0.0984 e. The average molecular weight is 154 g/mol. The summed E-state index contributed by atoms with van der Waals surface area (Å²) in [5.41, 5.74) is 0.859. The molecule has 0 saturated carbocycles. The minimum Gasteiger partial charge on any atom is -0.396 e. The predicted octanol–water partition coefficient (Wildman–Crippen LogP) is 1.73. The van der Waals surface area contributed by atoms with Gasteiger partial charge in [-0.2, -0.15) is 0 Å². The third kappa shape index (κ3) is 2.02. The van der Waals surface area contributed by atoms with Gasteiger partial charge in [-0.15, -0.1) is 0 Å². The average Bonchev–Trinajstić information content (AvgIpc) is 2.09. The summed E-state index contributed by atoms with van der Waals surface area (Å²) in [5.74, 6) is -0.351. The maximum atomic E-state index is 12.2. The van der Waals surface area contributed by atoms with Crippen LogP contribution in [0.5, 0.6) is 0 Å². The molecule has 1 aromatic rings. The van der Waals surface area contributed by atoms with Crippen LogP contribution in [0.1, 0.15) is 11.5 Å². The first-order valence-electron chi connectivity index (χ1n) is 3.60. The van der Waals surface area contributed by atoms with Gasteiger partial charge in [-0.05, 0) is 5.56 Å². The Morgan fingerprint density at radius 3 is 2.36 bits per heavy atom. The van der Waals surface area contributed by atoms with Crippen molar-refractivity contribution in [3.8, 4) is 0 Å². The van der Waals surface area contributed by atoms with Crippen LogP contribution in [0.25, 0.3) is 0 Å². The summed E-state index contributed by atoms with van der Waals surface area (Å²) in [6.07, 6.45) is 0. The highest BCUT2D eigenvalue weighted by Crippen LogP contribution is 2.14. The van der Waals surface area contributed by atoms with E-state index in [9.17, 15) is 4.39 Å². The number of aliphatic hydroxyl groups excluding tert-OH is 1. The molecule has 0 bridgehead atoms. The molecule has 0 radical (unpaired) electrons. The van der Waals surface area contributed by atoms with Crippen molar-refractivity contribution in [3.63, 3.8) is 0 Å². The predicted molar refractivity (Wildman–Crippen MR) is 42.2 cm³/mol. The van der Waals surface area contributed by atoms with E-state index in [2.05, 4.69) is 0 Å². The molecular formula is C9H11FO. The van der Waals surface area contributed by atoms with Crippen LogP contribution < -0.4 is 0 Å². The minimum absolute atomic E-state index is 0.124. The number of halogens is 1. The van der Waals surface area contributed by atoms with Crippen LogP contribution >= 0.6 is 0 Å². The van der Waals surface area contributed by atoms with Crippen molar-refractivity contribution in [1.29, 1.82) is 0 Å². The van der Waals surface area contributed by atoms with E-state index in [1.54, 1.807) is 0 Å². The molecule has 11 heavy (non-hydrogen) atoms. The first-order valence-corrected chi connectivity index (χ1v) is 3.60. The fraction of sp³-hybridized carbons (Fsp3) is 0.333. The second-order valence-corrected chi connectivity index (χ2v) is 2.44. The lowest BCUT2D eigenvalue weighted by Gasteiger charge is -2.08. The Kier molecular flexibility index (Phi) is 3.05. The van der Waals surface area contributed by atoms with Gasteiger partial charge in [0.2, 0.25) is 0 Å². The molecular weight excluding hydrogens is 143 g/mol. The summed E-state index contributed by atoms with van der Waals surface area (Å²) in [6, 6.07) is 9.19. The van der Waals surface area contributed by atoms with E-state index in [1.807, 2.05) is 30.3 Å². The summed E-state index contributed by atoms with van der Waals surface area (Å²) in [7, 11) is 0. The zero-order valence-corrected chi connectivity index (χ0v) is 6.20. The van der Waals surface area contributed by atoms with Crippen LogP contribution in [0, 0.1) is 0 Å². The van der Waals surface area contributed by atoms with Gasteiger partial charge in [0.1, 0.15) is 0 Å². The van der Waals surface area contributed by atoms with E-state index >= 15 is 0 Å². The Morgan fingerprint density at radius 1 is 1.27 bits per heavy atom. The van der Waals surface area contributed by atoms with E-state index in [1.165, 1.54) is 0 Å². The molecule has 0 aromatic heterocycles. The molecule has 0 saturated heterocycles. The standard InChI is InChI=1S/C9H11FO/c10-6-9(7-11)8-4-2-1-3-5-8/h1-5,9,11H,6-7H2. The van der Waals surface area contributed by atoms with Gasteiger partial charge in [0.25, 0.3) is 0 Å². The number of hydrogen-bond donors (Lipinski definition) is 1. The molecule has 0 fully saturated rings. The molecule has 0 heterocycles. The number of benzene rings is 1. The van der Waals surface area contributed by atoms with Crippen LogP contribution in [-0.2, 0) is 0 Å². The van der Waals surface area contributed by atoms with E-state index in [-0.39, 0.29) is 12.5 Å². The van der Waals surface area contributed by atoms with Crippen molar-refractivity contribution >= 4 is 0 Å². The highest BCUT2D eigenvalue weighted by Gasteiger charge is 2.07. The Bertz CT molecular complexity index is 194. The van der Waals surface area contributed by atoms with Crippen LogP contribution in [0.2, 0.25) is 0 Å². The lowest BCUT2D eigenvalue weighted by Crippen LogP contribution is -2.05. The molecule has 1 aromatic carbocycles. The second kappa shape index (κ2) is 4.09. The Balaban J connectivity index is 2.74.